The predicted octanol–water partition coefficient (Wildman–Crippen LogP) is 2.63. The highest BCUT2D eigenvalue weighted by Crippen LogP contribution is 2.28. The molecule has 1 aromatic rings. The first-order valence-corrected chi connectivity index (χ1v) is 8.06. The Labute approximate surface area is 152 Å². The van der Waals surface area contributed by atoms with E-state index in [2.05, 4.69) is 9.47 Å². The highest BCUT2D eigenvalue weighted by atomic mass is 19.3. The minimum absolute atomic E-state index is 0.0947. The highest BCUT2D eigenvalue weighted by molar-refractivity contribution is 5.92. The predicted molar refractivity (Wildman–Crippen MR) is 87.2 cm³/mol. The van der Waals surface area contributed by atoms with Crippen LogP contribution < -0.4 is 15.2 Å². The van der Waals surface area contributed by atoms with Crippen LogP contribution in [0, 0.1) is 5.92 Å². The lowest BCUT2D eigenvalue weighted by atomic mass is 9.96. The van der Waals surface area contributed by atoms with Crippen LogP contribution in [0.25, 0.3) is 6.08 Å². The number of benzene rings is 1. The Balaban J connectivity index is 2.08. The van der Waals surface area contributed by atoms with Gasteiger partial charge < -0.3 is 20.1 Å². The van der Waals surface area contributed by atoms with Crippen LogP contribution in [0.3, 0.4) is 0 Å². The molecule has 0 saturated carbocycles. The van der Waals surface area contributed by atoms with Crippen molar-refractivity contribution in [3.05, 3.63) is 29.8 Å². The normalized spacial score (nSPS) is 15.6. The minimum Gasteiger partial charge on any atom is -0.435 e. The van der Waals surface area contributed by atoms with Crippen molar-refractivity contribution < 1.29 is 36.6 Å². The van der Waals surface area contributed by atoms with Crippen molar-refractivity contribution >= 4 is 17.9 Å². The van der Waals surface area contributed by atoms with Crippen molar-refractivity contribution in [2.75, 3.05) is 13.1 Å². The molecule has 0 aromatic heterocycles. The molecule has 27 heavy (non-hydrogen) atoms. The van der Waals surface area contributed by atoms with E-state index in [9.17, 15) is 27.2 Å². The number of piperidine rings is 1. The van der Waals surface area contributed by atoms with Gasteiger partial charge in [0.05, 0.1) is 0 Å². The van der Waals surface area contributed by atoms with E-state index >= 15 is 0 Å². The van der Waals surface area contributed by atoms with E-state index in [1.807, 2.05) is 0 Å². The Morgan fingerprint density at radius 1 is 1.11 bits per heavy atom. The third-order valence-electron chi connectivity index (χ3n) is 4.04. The molecule has 0 unspecified atom stereocenters. The van der Waals surface area contributed by atoms with Gasteiger partial charge in [0.25, 0.3) is 0 Å². The SMILES string of the molecule is NC(=O)C1CCN(C(=O)/C=C/c2ccc(OC(F)F)cc2OC(F)F)CC1. The summed E-state index contributed by atoms with van der Waals surface area (Å²) in [6.07, 6.45) is 3.31. The first-order valence-electron chi connectivity index (χ1n) is 8.06. The average Bonchev–Trinajstić information content (AvgIpc) is 2.60. The number of hydrogen-bond acceptors (Lipinski definition) is 4. The molecule has 1 aromatic carbocycles. The molecular formula is C17H18F4N2O4. The lowest BCUT2D eigenvalue weighted by Crippen LogP contribution is -2.41. The molecule has 1 saturated heterocycles. The van der Waals surface area contributed by atoms with Crippen LogP contribution in [0.2, 0.25) is 0 Å². The van der Waals surface area contributed by atoms with E-state index in [0.29, 0.717) is 25.9 Å². The molecule has 0 radical (unpaired) electrons. The van der Waals surface area contributed by atoms with Gasteiger partial charge in [0.15, 0.2) is 0 Å². The maximum atomic E-state index is 12.5. The molecule has 0 aliphatic carbocycles. The van der Waals surface area contributed by atoms with Crippen molar-refractivity contribution in [1.82, 2.24) is 4.90 Å². The first kappa shape index (κ1) is 20.5. The average molecular weight is 390 g/mol. The molecule has 1 heterocycles. The standard InChI is InChI=1S/C17H18F4N2O4/c18-16(19)26-12-3-1-10(13(9-12)27-17(20)21)2-4-14(24)23-7-5-11(6-8-23)15(22)25/h1-4,9,11,16-17H,5-8H2,(H2,22,25)/b4-2+. The smallest absolute Gasteiger partial charge is 0.387 e. The molecule has 0 atom stereocenters. The second-order valence-electron chi connectivity index (χ2n) is 5.79. The van der Waals surface area contributed by atoms with Gasteiger partial charge in [0.1, 0.15) is 11.5 Å². The lowest BCUT2D eigenvalue weighted by Gasteiger charge is -2.29. The van der Waals surface area contributed by atoms with E-state index in [-0.39, 0.29) is 23.1 Å². The number of carbonyl (C=O) groups excluding carboxylic acids is 2. The molecule has 1 fully saturated rings. The molecule has 6 nitrogen and oxygen atoms in total. The third kappa shape index (κ3) is 6.15. The van der Waals surface area contributed by atoms with E-state index in [0.717, 1.165) is 18.2 Å². The van der Waals surface area contributed by atoms with Gasteiger partial charge in [-0.1, -0.05) is 0 Å². The van der Waals surface area contributed by atoms with Crippen LogP contribution in [0.15, 0.2) is 24.3 Å². The molecule has 148 valence electrons. The molecule has 1 aliphatic rings. The van der Waals surface area contributed by atoms with E-state index < -0.39 is 24.9 Å². The number of ether oxygens (including phenoxy) is 2. The first-order chi connectivity index (χ1) is 12.8. The van der Waals surface area contributed by atoms with Crippen LogP contribution in [-0.4, -0.2) is 43.0 Å². The zero-order chi connectivity index (χ0) is 20.0. The maximum Gasteiger partial charge on any atom is 0.387 e. The lowest BCUT2D eigenvalue weighted by molar-refractivity contribution is -0.130. The van der Waals surface area contributed by atoms with E-state index in [4.69, 9.17) is 5.73 Å². The van der Waals surface area contributed by atoms with Gasteiger partial charge in [0.2, 0.25) is 11.8 Å². The number of halogens is 4. The summed E-state index contributed by atoms with van der Waals surface area (Å²) >= 11 is 0. The van der Waals surface area contributed by atoms with E-state index in [1.54, 1.807) is 0 Å². The number of nitrogens with two attached hydrogens (primary N) is 1. The summed E-state index contributed by atoms with van der Waals surface area (Å²) in [5, 5.41) is 0. The molecule has 0 spiro atoms. The number of hydrogen-bond donors (Lipinski definition) is 1. The number of primary amides is 1. The number of amides is 2. The number of nitrogens with zero attached hydrogens (tertiary/aromatic N) is 1. The zero-order valence-corrected chi connectivity index (χ0v) is 14.1. The topological polar surface area (TPSA) is 81.9 Å². The van der Waals surface area contributed by atoms with Crippen molar-refractivity contribution in [2.24, 2.45) is 11.7 Å². The number of rotatable bonds is 7. The van der Waals surface area contributed by atoms with Gasteiger partial charge in [-0.25, -0.2) is 0 Å². The van der Waals surface area contributed by atoms with Crippen LogP contribution in [0.5, 0.6) is 11.5 Å². The van der Waals surface area contributed by atoms with Crippen molar-refractivity contribution in [3.8, 4) is 11.5 Å². The highest BCUT2D eigenvalue weighted by Gasteiger charge is 2.24. The monoisotopic (exact) mass is 390 g/mol. The number of alkyl halides is 4. The summed E-state index contributed by atoms with van der Waals surface area (Å²) in [5.41, 5.74) is 5.33. The molecule has 10 heteroatoms. The molecule has 2 amide bonds. The van der Waals surface area contributed by atoms with Crippen molar-refractivity contribution in [2.45, 2.75) is 26.1 Å². The Bertz CT molecular complexity index is 704. The second kappa shape index (κ2) is 9.24. The summed E-state index contributed by atoms with van der Waals surface area (Å²) in [5.74, 6) is -1.81. The summed E-state index contributed by atoms with van der Waals surface area (Å²) in [6, 6.07) is 3.26. The molecule has 1 aliphatic heterocycles. The second-order valence-corrected chi connectivity index (χ2v) is 5.79. The number of carbonyl (C=O) groups is 2. The van der Waals surface area contributed by atoms with Gasteiger partial charge in [-0.2, -0.15) is 17.6 Å². The summed E-state index contributed by atoms with van der Waals surface area (Å²) < 4.78 is 58.0. The third-order valence-corrected chi connectivity index (χ3v) is 4.04. The van der Waals surface area contributed by atoms with E-state index in [1.165, 1.54) is 17.0 Å². The van der Waals surface area contributed by atoms with Gasteiger partial charge >= 0.3 is 13.2 Å². The van der Waals surface area contributed by atoms with Crippen LogP contribution in [-0.2, 0) is 9.59 Å². The van der Waals surface area contributed by atoms with Crippen LogP contribution in [0.1, 0.15) is 18.4 Å². The Morgan fingerprint density at radius 3 is 2.30 bits per heavy atom. The Hall–Kier alpha value is -2.78. The zero-order valence-electron chi connectivity index (χ0n) is 14.1. The van der Waals surface area contributed by atoms with Crippen LogP contribution >= 0.6 is 0 Å². The fraction of sp³-hybridized carbons (Fsp3) is 0.412. The molecule has 2 N–H and O–H groups in total. The van der Waals surface area contributed by atoms with Crippen LogP contribution in [0.4, 0.5) is 17.6 Å². The Morgan fingerprint density at radius 2 is 1.74 bits per heavy atom. The molecular weight excluding hydrogens is 372 g/mol. The quantitative estimate of drug-likeness (QED) is 0.573. The number of likely N-dealkylation sites (tertiary alicyclic amines) is 1. The fourth-order valence-corrected chi connectivity index (χ4v) is 2.68. The maximum absolute atomic E-state index is 12.5. The van der Waals surface area contributed by atoms with Crippen molar-refractivity contribution in [1.29, 1.82) is 0 Å². The van der Waals surface area contributed by atoms with Gasteiger partial charge in [-0.15, -0.1) is 0 Å². The largest absolute Gasteiger partial charge is 0.435 e. The fourth-order valence-electron chi connectivity index (χ4n) is 2.68. The minimum atomic E-state index is -3.18. The summed E-state index contributed by atoms with van der Waals surface area (Å²) in [6.45, 7) is -5.60. The van der Waals surface area contributed by atoms with Gasteiger partial charge in [-0.3, -0.25) is 9.59 Å². The van der Waals surface area contributed by atoms with Gasteiger partial charge in [0, 0.05) is 36.7 Å². The Kier molecular flexibility index (Phi) is 7.03. The van der Waals surface area contributed by atoms with Gasteiger partial charge in [-0.05, 0) is 31.1 Å². The molecule has 0 bridgehead atoms. The summed E-state index contributed by atoms with van der Waals surface area (Å²) in [7, 11) is 0. The van der Waals surface area contributed by atoms with Crippen molar-refractivity contribution in [3.63, 3.8) is 0 Å². The summed E-state index contributed by atoms with van der Waals surface area (Å²) in [4.78, 5) is 24.8. The molecule has 2 rings (SSSR count).